The molecule has 0 fully saturated rings. The molecule has 0 aliphatic carbocycles. The Hall–Kier alpha value is -1.41. The Morgan fingerprint density at radius 1 is 1.22 bits per heavy atom. The molecule has 2 N–H and O–H groups in total. The number of hydrogen-bond acceptors (Lipinski definition) is 2. The first-order valence-electron chi connectivity index (χ1n) is 6.68. The fraction of sp³-hybridized carbons (Fsp3) is 0.438. The number of allylic oxidation sites excluding steroid dienone is 1. The fourth-order valence-electron chi connectivity index (χ4n) is 2.08. The van der Waals surface area contributed by atoms with Crippen LogP contribution in [0, 0.1) is 0 Å². The van der Waals surface area contributed by atoms with Crippen LogP contribution in [0.15, 0.2) is 43.0 Å². The van der Waals surface area contributed by atoms with Crippen molar-refractivity contribution in [3.8, 4) is 0 Å². The van der Waals surface area contributed by atoms with E-state index in [4.69, 9.17) is 5.73 Å². The molecule has 0 bridgehead atoms. The molecule has 2 heteroatoms. The van der Waals surface area contributed by atoms with Gasteiger partial charge in [0, 0.05) is 13.0 Å². The summed E-state index contributed by atoms with van der Waals surface area (Å²) in [6.07, 6.45) is 6.75. The molecule has 0 aliphatic rings. The first-order valence-corrected chi connectivity index (χ1v) is 6.68. The molecule has 0 saturated carbocycles. The molecule has 0 radical (unpaired) electrons. The lowest BCUT2D eigenvalue weighted by molar-refractivity contribution is -0.120. The van der Waals surface area contributed by atoms with Crippen LogP contribution in [0.4, 0.5) is 0 Å². The van der Waals surface area contributed by atoms with Crippen LogP contribution in [-0.2, 0) is 4.79 Å². The van der Waals surface area contributed by atoms with Crippen LogP contribution in [0.25, 0.3) is 0 Å². The molecule has 1 rings (SSSR count). The number of hydrogen-bond donors (Lipinski definition) is 1. The number of rotatable bonds is 9. The summed E-state index contributed by atoms with van der Waals surface area (Å²) < 4.78 is 0. The molecule has 0 amide bonds. The minimum Gasteiger partial charge on any atom is -0.329 e. The van der Waals surface area contributed by atoms with Crippen LogP contribution in [0.1, 0.15) is 43.6 Å². The Bertz CT molecular complexity index is 359. The van der Waals surface area contributed by atoms with Gasteiger partial charge in [0.1, 0.15) is 5.78 Å². The van der Waals surface area contributed by atoms with Gasteiger partial charge in [-0.15, -0.1) is 6.58 Å². The second kappa shape index (κ2) is 8.65. The second-order valence-electron chi connectivity index (χ2n) is 4.55. The zero-order chi connectivity index (χ0) is 13.2. The van der Waals surface area contributed by atoms with E-state index < -0.39 is 0 Å². The Labute approximate surface area is 110 Å². The number of carbonyl (C=O) groups excluding carboxylic acids is 1. The standard InChI is InChI=1S/C16H23NO/c1-2-3-4-5-9-12-16(18)15(13-17)14-10-7-6-8-11-14/h2,6-8,10-11,15H,1,3-5,9,12-13,17H2. The van der Waals surface area contributed by atoms with Gasteiger partial charge in [0.15, 0.2) is 0 Å². The molecule has 0 spiro atoms. The fourth-order valence-corrected chi connectivity index (χ4v) is 2.08. The van der Waals surface area contributed by atoms with Gasteiger partial charge < -0.3 is 5.73 Å². The first kappa shape index (κ1) is 14.7. The maximum absolute atomic E-state index is 12.1. The largest absolute Gasteiger partial charge is 0.329 e. The highest BCUT2D eigenvalue weighted by atomic mass is 16.1. The molecule has 2 nitrogen and oxygen atoms in total. The molecule has 0 aliphatic heterocycles. The topological polar surface area (TPSA) is 43.1 Å². The molecule has 1 aromatic rings. The van der Waals surface area contributed by atoms with E-state index in [9.17, 15) is 4.79 Å². The molecule has 1 atom stereocenters. The zero-order valence-electron chi connectivity index (χ0n) is 11.0. The van der Waals surface area contributed by atoms with E-state index in [1.807, 2.05) is 36.4 Å². The Morgan fingerprint density at radius 2 is 1.94 bits per heavy atom. The second-order valence-corrected chi connectivity index (χ2v) is 4.55. The van der Waals surface area contributed by atoms with Gasteiger partial charge >= 0.3 is 0 Å². The summed E-state index contributed by atoms with van der Waals surface area (Å²) in [5.74, 6) is 0.132. The summed E-state index contributed by atoms with van der Waals surface area (Å²) in [6.45, 7) is 4.09. The SMILES string of the molecule is C=CCCCCCC(=O)C(CN)c1ccccc1. The summed E-state index contributed by atoms with van der Waals surface area (Å²) >= 11 is 0. The van der Waals surface area contributed by atoms with E-state index in [0.717, 1.165) is 31.2 Å². The predicted molar refractivity (Wildman–Crippen MR) is 76.5 cm³/mol. The summed E-state index contributed by atoms with van der Waals surface area (Å²) in [7, 11) is 0. The van der Waals surface area contributed by atoms with Gasteiger partial charge in [-0.05, 0) is 24.8 Å². The van der Waals surface area contributed by atoms with Crippen LogP contribution < -0.4 is 5.73 Å². The van der Waals surface area contributed by atoms with Crippen molar-refractivity contribution in [3.05, 3.63) is 48.6 Å². The van der Waals surface area contributed by atoms with E-state index >= 15 is 0 Å². The average molecular weight is 245 g/mol. The van der Waals surface area contributed by atoms with Crippen molar-refractivity contribution in [1.29, 1.82) is 0 Å². The molecular weight excluding hydrogens is 222 g/mol. The highest BCUT2D eigenvalue weighted by Gasteiger charge is 2.17. The summed E-state index contributed by atoms with van der Waals surface area (Å²) in [6, 6.07) is 9.82. The molecule has 0 aromatic heterocycles. The van der Waals surface area contributed by atoms with Crippen molar-refractivity contribution in [1.82, 2.24) is 0 Å². The Kier molecular flexibility index (Phi) is 7.04. The Balaban J connectivity index is 2.41. The van der Waals surface area contributed by atoms with E-state index in [-0.39, 0.29) is 11.7 Å². The van der Waals surface area contributed by atoms with Gasteiger partial charge in [-0.2, -0.15) is 0 Å². The van der Waals surface area contributed by atoms with Crippen LogP contribution in [0.2, 0.25) is 0 Å². The molecule has 18 heavy (non-hydrogen) atoms. The Morgan fingerprint density at radius 3 is 2.56 bits per heavy atom. The number of carbonyl (C=O) groups is 1. The smallest absolute Gasteiger partial charge is 0.141 e. The molecule has 1 aromatic carbocycles. The highest BCUT2D eigenvalue weighted by Crippen LogP contribution is 2.18. The number of Topliss-reactive ketones (excluding diaryl/α,β-unsaturated/α-hetero) is 1. The van der Waals surface area contributed by atoms with E-state index in [2.05, 4.69) is 6.58 Å². The van der Waals surface area contributed by atoms with Gasteiger partial charge in [-0.25, -0.2) is 0 Å². The lowest BCUT2D eigenvalue weighted by atomic mass is 9.92. The monoisotopic (exact) mass is 245 g/mol. The molecule has 0 heterocycles. The van der Waals surface area contributed by atoms with Gasteiger partial charge in [0.05, 0.1) is 5.92 Å². The maximum atomic E-state index is 12.1. The van der Waals surface area contributed by atoms with Crippen molar-refractivity contribution in [3.63, 3.8) is 0 Å². The minimum absolute atomic E-state index is 0.134. The molecule has 0 saturated heterocycles. The van der Waals surface area contributed by atoms with Crippen molar-refractivity contribution < 1.29 is 4.79 Å². The lowest BCUT2D eigenvalue weighted by Gasteiger charge is -2.13. The number of ketones is 1. The van der Waals surface area contributed by atoms with Crippen LogP contribution in [0.3, 0.4) is 0 Å². The average Bonchev–Trinajstić information content (AvgIpc) is 2.40. The maximum Gasteiger partial charge on any atom is 0.141 e. The van der Waals surface area contributed by atoms with Gasteiger partial charge in [0.25, 0.3) is 0 Å². The van der Waals surface area contributed by atoms with Crippen molar-refractivity contribution in [2.75, 3.05) is 6.54 Å². The highest BCUT2D eigenvalue weighted by molar-refractivity contribution is 5.85. The van der Waals surface area contributed by atoms with Gasteiger partial charge in [0.2, 0.25) is 0 Å². The lowest BCUT2D eigenvalue weighted by Crippen LogP contribution is -2.21. The zero-order valence-corrected chi connectivity index (χ0v) is 11.0. The van der Waals surface area contributed by atoms with Crippen molar-refractivity contribution in [2.45, 2.75) is 38.0 Å². The molecule has 98 valence electrons. The number of benzene rings is 1. The van der Waals surface area contributed by atoms with Crippen LogP contribution in [-0.4, -0.2) is 12.3 Å². The summed E-state index contributed by atoms with van der Waals surface area (Å²) in [4.78, 5) is 12.1. The van der Waals surface area contributed by atoms with Crippen LogP contribution >= 0.6 is 0 Å². The summed E-state index contributed by atoms with van der Waals surface area (Å²) in [5, 5.41) is 0. The first-order chi connectivity index (χ1) is 8.79. The van der Waals surface area contributed by atoms with E-state index in [1.165, 1.54) is 0 Å². The minimum atomic E-state index is -0.134. The third-order valence-corrected chi connectivity index (χ3v) is 3.16. The number of unbranched alkanes of at least 4 members (excludes halogenated alkanes) is 3. The third-order valence-electron chi connectivity index (χ3n) is 3.16. The normalized spacial score (nSPS) is 12.1. The molecule has 1 unspecified atom stereocenters. The third kappa shape index (κ3) is 4.84. The van der Waals surface area contributed by atoms with Gasteiger partial charge in [-0.3, -0.25) is 4.79 Å². The van der Waals surface area contributed by atoms with E-state index in [1.54, 1.807) is 0 Å². The van der Waals surface area contributed by atoms with Crippen LogP contribution in [0.5, 0.6) is 0 Å². The quantitative estimate of drug-likeness (QED) is 0.535. The predicted octanol–water partition coefficient (Wildman–Crippen LogP) is 3.43. The molecular formula is C16H23NO. The van der Waals surface area contributed by atoms with Gasteiger partial charge in [-0.1, -0.05) is 42.8 Å². The summed E-state index contributed by atoms with van der Waals surface area (Å²) in [5.41, 5.74) is 6.76. The van der Waals surface area contributed by atoms with Crippen molar-refractivity contribution in [2.24, 2.45) is 5.73 Å². The van der Waals surface area contributed by atoms with Crippen molar-refractivity contribution >= 4 is 5.78 Å². The number of nitrogens with two attached hydrogens (primary N) is 1. The van der Waals surface area contributed by atoms with E-state index in [0.29, 0.717) is 13.0 Å².